The molecule has 1 saturated heterocycles. The number of carbonyl (C=O) groups excluding carboxylic acids is 2. The first kappa shape index (κ1) is 14.5. The highest BCUT2D eigenvalue weighted by molar-refractivity contribution is 7.09. The van der Waals surface area contributed by atoms with Crippen molar-refractivity contribution in [3.8, 4) is 0 Å². The van der Waals surface area contributed by atoms with Gasteiger partial charge in [-0.25, -0.2) is 4.98 Å². The first-order valence-electron chi connectivity index (χ1n) is 7.46. The Bertz CT molecular complexity index is 555. The summed E-state index contributed by atoms with van der Waals surface area (Å²) < 4.78 is 0. The Hall–Kier alpha value is -1.43. The quantitative estimate of drug-likeness (QED) is 0.922. The zero-order valence-electron chi connectivity index (χ0n) is 12.6. The molecule has 0 bridgehead atoms. The van der Waals surface area contributed by atoms with Crippen LogP contribution < -0.4 is 5.32 Å². The van der Waals surface area contributed by atoms with Crippen LogP contribution in [-0.2, 0) is 9.59 Å². The van der Waals surface area contributed by atoms with Crippen molar-refractivity contribution in [1.29, 1.82) is 0 Å². The minimum atomic E-state index is -0.716. The van der Waals surface area contributed by atoms with Gasteiger partial charge in [0.05, 0.1) is 5.01 Å². The van der Waals surface area contributed by atoms with Gasteiger partial charge in [-0.2, -0.15) is 0 Å². The number of rotatable bonds is 4. The van der Waals surface area contributed by atoms with Gasteiger partial charge in [-0.3, -0.25) is 9.59 Å². The summed E-state index contributed by atoms with van der Waals surface area (Å²) in [5, 5.41) is 5.90. The van der Waals surface area contributed by atoms with E-state index in [2.05, 4.69) is 17.2 Å². The third-order valence-electron chi connectivity index (χ3n) is 4.67. The van der Waals surface area contributed by atoms with E-state index in [1.165, 1.54) is 0 Å². The summed E-state index contributed by atoms with van der Waals surface area (Å²) in [4.78, 5) is 31.2. The summed E-state index contributed by atoms with van der Waals surface area (Å²) in [5.41, 5.74) is -0.716. The molecule has 6 heteroatoms. The summed E-state index contributed by atoms with van der Waals surface area (Å²) in [5.74, 6) is 0.445. The fraction of sp³-hybridized carbons (Fsp3) is 0.667. The lowest BCUT2D eigenvalue weighted by Crippen LogP contribution is -2.69. The molecule has 1 N–H and O–H groups in total. The van der Waals surface area contributed by atoms with Crippen molar-refractivity contribution in [3.05, 3.63) is 16.6 Å². The largest absolute Gasteiger partial charge is 0.340 e. The molecule has 0 spiro atoms. The maximum absolute atomic E-state index is 12.9. The molecule has 1 aliphatic carbocycles. The Kier molecular flexibility index (Phi) is 3.51. The summed E-state index contributed by atoms with van der Waals surface area (Å²) in [6, 6.07) is -0.410. The molecule has 1 aliphatic heterocycles. The van der Waals surface area contributed by atoms with Crippen LogP contribution in [0, 0.1) is 5.92 Å². The number of nitrogens with zero attached hydrogens (tertiary/aromatic N) is 2. The Morgan fingerprint density at radius 2 is 2.24 bits per heavy atom. The monoisotopic (exact) mass is 307 g/mol. The number of nitrogens with one attached hydrogen (secondary N) is 1. The van der Waals surface area contributed by atoms with Crippen LogP contribution in [0.15, 0.2) is 11.6 Å². The average Bonchev–Trinajstić information content (AvgIpc) is 3.17. The Labute approximate surface area is 128 Å². The molecule has 2 aliphatic rings. The lowest BCUT2D eigenvalue weighted by molar-refractivity contribution is -0.154. The van der Waals surface area contributed by atoms with Crippen LogP contribution in [0.1, 0.15) is 44.5 Å². The molecule has 114 valence electrons. The van der Waals surface area contributed by atoms with E-state index < -0.39 is 11.6 Å². The molecule has 2 fully saturated rings. The summed E-state index contributed by atoms with van der Waals surface area (Å²) in [6.07, 6.45) is 3.82. The van der Waals surface area contributed by atoms with E-state index >= 15 is 0 Å². The number of aromatic nitrogens is 1. The second kappa shape index (κ2) is 5.09. The predicted molar refractivity (Wildman–Crippen MR) is 81.0 cm³/mol. The van der Waals surface area contributed by atoms with Gasteiger partial charge in [0.15, 0.2) is 0 Å². The molecule has 2 heterocycles. The summed E-state index contributed by atoms with van der Waals surface area (Å²) in [6.45, 7) is 6.27. The molecule has 0 radical (unpaired) electrons. The number of thiazole rings is 1. The number of piperazine rings is 1. The zero-order chi connectivity index (χ0) is 15.2. The van der Waals surface area contributed by atoms with E-state index in [0.717, 1.165) is 17.8 Å². The maximum Gasteiger partial charge on any atom is 0.249 e. The molecule has 3 rings (SSSR count). The Morgan fingerprint density at radius 1 is 1.52 bits per heavy atom. The Balaban J connectivity index is 1.81. The normalized spacial score (nSPS) is 31.2. The SMILES string of the molecule is CC(CN1C(=O)C(C)(C2CC2)NC(=O)C1C)c1nccs1. The maximum atomic E-state index is 12.9. The zero-order valence-corrected chi connectivity index (χ0v) is 13.4. The van der Waals surface area contributed by atoms with Crippen LogP contribution in [0.25, 0.3) is 0 Å². The van der Waals surface area contributed by atoms with Gasteiger partial charge in [-0.1, -0.05) is 6.92 Å². The van der Waals surface area contributed by atoms with Crippen molar-refractivity contribution in [2.75, 3.05) is 6.54 Å². The molecule has 5 nitrogen and oxygen atoms in total. The van der Waals surface area contributed by atoms with Crippen molar-refractivity contribution in [1.82, 2.24) is 15.2 Å². The van der Waals surface area contributed by atoms with Gasteiger partial charge in [-0.05, 0) is 32.6 Å². The first-order chi connectivity index (χ1) is 9.93. The van der Waals surface area contributed by atoms with E-state index in [9.17, 15) is 9.59 Å². The van der Waals surface area contributed by atoms with Crippen molar-refractivity contribution in [2.45, 2.75) is 51.1 Å². The van der Waals surface area contributed by atoms with Crippen LogP contribution in [0.2, 0.25) is 0 Å². The summed E-state index contributed by atoms with van der Waals surface area (Å²) >= 11 is 1.59. The molecule has 3 atom stereocenters. The molecule has 1 saturated carbocycles. The van der Waals surface area contributed by atoms with Gasteiger partial charge in [-0.15, -0.1) is 11.3 Å². The van der Waals surface area contributed by atoms with Gasteiger partial charge in [0.2, 0.25) is 11.8 Å². The first-order valence-corrected chi connectivity index (χ1v) is 8.34. The van der Waals surface area contributed by atoms with Crippen molar-refractivity contribution < 1.29 is 9.59 Å². The number of hydrogen-bond donors (Lipinski definition) is 1. The lowest BCUT2D eigenvalue weighted by Gasteiger charge is -2.44. The van der Waals surface area contributed by atoms with E-state index in [0.29, 0.717) is 12.5 Å². The van der Waals surface area contributed by atoms with Crippen LogP contribution in [0.3, 0.4) is 0 Å². The van der Waals surface area contributed by atoms with E-state index in [1.54, 1.807) is 29.4 Å². The minimum Gasteiger partial charge on any atom is -0.340 e. The highest BCUT2D eigenvalue weighted by Crippen LogP contribution is 2.42. The van der Waals surface area contributed by atoms with E-state index in [4.69, 9.17) is 0 Å². The highest BCUT2D eigenvalue weighted by Gasteiger charge is 2.54. The molecule has 21 heavy (non-hydrogen) atoms. The van der Waals surface area contributed by atoms with E-state index in [-0.39, 0.29) is 17.7 Å². The number of carbonyl (C=O) groups is 2. The number of hydrogen-bond acceptors (Lipinski definition) is 4. The second-order valence-electron chi connectivity index (χ2n) is 6.37. The molecular formula is C15H21N3O2S. The number of amides is 2. The lowest BCUT2D eigenvalue weighted by atomic mass is 9.89. The van der Waals surface area contributed by atoms with Crippen LogP contribution in [0.5, 0.6) is 0 Å². The standard InChI is InChI=1S/C15H21N3O2S/c1-9(13-16-6-7-21-13)8-18-10(2)12(19)17-15(3,14(18)20)11-4-5-11/h6-7,9-11H,4-5,8H2,1-3H3,(H,17,19). The van der Waals surface area contributed by atoms with Crippen LogP contribution in [0.4, 0.5) is 0 Å². The van der Waals surface area contributed by atoms with Crippen LogP contribution >= 0.6 is 11.3 Å². The minimum absolute atomic E-state index is 0.0460. The van der Waals surface area contributed by atoms with Gasteiger partial charge < -0.3 is 10.2 Å². The molecule has 3 unspecified atom stereocenters. The molecule has 0 aromatic carbocycles. The Morgan fingerprint density at radius 3 is 2.81 bits per heavy atom. The van der Waals surface area contributed by atoms with Crippen molar-refractivity contribution >= 4 is 23.2 Å². The fourth-order valence-electron chi connectivity index (χ4n) is 3.06. The van der Waals surface area contributed by atoms with Gasteiger partial charge in [0, 0.05) is 24.0 Å². The van der Waals surface area contributed by atoms with E-state index in [1.807, 2.05) is 12.3 Å². The molecule has 2 amide bonds. The summed E-state index contributed by atoms with van der Waals surface area (Å²) in [7, 11) is 0. The topological polar surface area (TPSA) is 62.3 Å². The van der Waals surface area contributed by atoms with Crippen molar-refractivity contribution in [2.24, 2.45) is 5.92 Å². The average molecular weight is 307 g/mol. The smallest absolute Gasteiger partial charge is 0.249 e. The third-order valence-corrected chi connectivity index (χ3v) is 5.68. The molecule has 1 aromatic heterocycles. The highest BCUT2D eigenvalue weighted by atomic mass is 32.1. The third kappa shape index (κ3) is 2.46. The second-order valence-corrected chi connectivity index (χ2v) is 7.30. The fourth-order valence-corrected chi connectivity index (χ4v) is 3.75. The van der Waals surface area contributed by atoms with Gasteiger partial charge in [0.1, 0.15) is 11.6 Å². The van der Waals surface area contributed by atoms with Gasteiger partial charge in [0.25, 0.3) is 0 Å². The molecular weight excluding hydrogens is 286 g/mol. The van der Waals surface area contributed by atoms with Gasteiger partial charge >= 0.3 is 0 Å². The molecule has 1 aromatic rings. The van der Waals surface area contributed by atoms with Crippen molar-refractivity contribution in [3.63, 3.8) is 0 Å². The predicted octanol–water partition coefficient (Wildman–Crippen LogP) is 1.76. The van der Waals surface area contributed by atoms with Crippen LogP contribution in [-0.4, -0.2) is 39.8 Å².